The van der Waals surface area contributed by atoms with Crippen LogP contribution in [-0.4, -0.2) is 42.0 Å². The van der Waals surface area contributed by atoms with Crippen molar-refractivity contribution in [2.45, 2.75) is 31.5 Å². The standard InChI is InChI=1S/C21H26N4O2.ClH/c1-15(20(26)24-21(27)23-12-16-8-4-2-5-9-16)25-13-18(19(22)14-25)17-10-6-3-7-11-17;/h2-11,15,18-19H,12-14,22H2,1H3,(H2,23,24,26,27);1H/t15?,18-,19+;/m0./s1. The van der Waals surface area contributed by atoms with Gasteiger partial charge >= 0.3 is 6.03 Å². The molecule has 0 radical (unpaired) electrons. The lowest BCUT2D eigenvalue weighted by atomic mass is 9.95. The number of nitrogens with two attached hydrogens (primary N) is 1. The second-order valence-electron chi connectivity index (χ2n) is 6.97. The van der Waals surface area contributed by atoms with Crippen LogP contribution < -0.4 is 16.4 Å². The molecular formula is C21H27ClN4O2. The number of amides is 3. The monoisotopic (exact) mass is 402 g/mol. The van der Waals surface area contributed by atoms with E-state index in [1.54, 1.807) is 6.92 Å². The largest absolute Gasteiger partial charge is 0.334 e. The highest BCUT2D eigenvalue weighted by molar-refractivity contribution is 5.96. The first kappa shape index (κ1) is 21.9. The average molecular weight is 403 g/mol. The van der Waals surface area contributed by atoms with Crippen molar-refractivity contribution in [3.05, 3.63) is 71.8 Å². The minimum Gasteiger partial charge on any atom is -0.334 e. The first-order valence-corrected chi connectivity index (χ1v) is 9.22. The number of halogens is 1. The lowest BCUT2D eigenvalue weighted by molar-refractivity contribution is -0.124. The van der Waals surface area contributed by atoms with E-state index in [1.165, 1.54) is 5.56 Å². The van der Waals surface area contributed by atoms with Gasteiger partial charge in [0.25, 0.3) is 0 Å². The van der Waals surface area contributed by atoms with Gasteiger partial charge in [-0.2, -0.15) is 0 Å². The first-order chi connectivity index (χ1) is 13.0. The summed E-state index contributed by atoms with van der Waals surface area (Å²) in [7, 11) is 0. The van der Waals surface area contributed by atoms with E-state index in [1.807, 2.05) is 53.4 Å². The van der Waals surface area contributed by atoms with Crippen LogP contribution in [-0.2, 0) is 11.3 Å². The van der Waals surface area contributed by atoms with Crippen LogP contribution >= 0.6 is 12.4 Å². The quantitative estimate of drug-likeness (QED) is 0.715. The Morgan fingerprint density at radius 2 is 1.68 bits per heavy atom. The fourth-order valence-corrected chi connectivity index (χ4v) is 3.43. The number of hydrogen-bond donors (Lipinski definition) is 3. The molecule has 0 aliphatic carbocycles. The second-order valence-corrected chi connectivity index (χ2v) is 6.97. The summed E-state index contributed by atoms with van der Waals surface area (Å²) in [5.74, 6) is -0.130. The minimum absolute atomic E-state index is 0. The average Bonchev–Trinajstić information content (AvgIpc) is 3.09. The third-order valence-corrected chi connectivity index (χ3v) is 5.08. The van der Waals surface area contributed by atoms with Crippen LogP contribution in [0.3, 0.4) is 0 Å². The van der Waals surface area contributed by atoms with Gasteiger partial charge < -0.3 is 11.1 Å². The number of urea groups is 1. The lowest BCUT2D eigenvalue weighted by Crippen LogP contribution is -2.49. The van der Waals surface area contributed by atoms with Gasteiger partial charge in [-0.3, -0.25) is 15.0 Å². The fourth-order valence-electron chi connectivity index (χ4n) is 3.43. The van der Waals surface area contributed by atoms with Gasteiger partial charge in [-0.25, -0.2) is 4.79 Å². The van der Waals surface area contributed by atoms with Crippen molar-refractivity contribution in [3.63, 3.8) is 0 Å². The highest BCUT2D eigenvalue weighted by Gasteiger charge is 2.35. The number of nitrogens with zero attached hydrogens (tertiary/aromatic N) is 1. The number of likely N-dealkylation sites (tertiary alicyclic amines) is 1. The van der Waals surface area contributed by atoms with E-state index in [0.717, 1.165) is 5.56 Å². The molecular weight excluding hydrogens is 376 g/mol. The van der Waals surface area contributed by atoms with E-state index >= 15 is 0 Å². The van der Waals surface area contributed by atoms with Crippen LogP contribution in [0.5, 0.6) is 0 Å². The molecule has 3 amide bonds. The fraction of sp³-hybridized carbons (Fsp3) is 0.333. The second kappa shape index (κ2) is 10.2. The molecule has 28 heavy (non-hydrogen) atoms. The zero-order valence-corrected chi connectivity index (χ0v) is 16.7. The van der Waals surface area contributed by atoms with Gasteiger partial charge in [-0.05, 0) is 18.1 Å². The SMILES string of the molecule is CC(C(=O)NC(=O)NCc1ccccc1)N1C[C@@H](N)[C@H](c2ccccc2)C1.Cl. The summed E-state index contributed by atoms with van der Waals surface area (Å²) in [5, 5.41) is 5.13. The van der Waals surface area contributed by atoms with E-state index in [0.29, 0.717) is 19.6 Å². The number of imide groups is 1. The van der Waals surface area contributed by atoms with Crippen LogP contribution in [0.4, 0.5) is 4.79 Å². The number of rotatable bonds is 5. The summed E-state index contributed by atoms with van der Waals surface area (Å²) < 4.78 is 0. The van der Waals surface area contributed by atoms with E-state index in [2.05, 4.69) is 22.8 Å². The number of nitrogens with one attached hydrogen (secondary N) is 2. The van der Waals surface area contributed by atoms with Crippen molar-refractivity contribution in [3.8, 4) is 0 Å². The zero-order valence-electron chi connectivity index (χ0n) is 15.9. The smallest absolute Gasteiger partial charge is 0.321 e. The normalized spacial score (nSPS) is 20.1. The Balaban J connectivity index is 0.00000280. The van der Waals surface area contributed by atoms with Gasteiger partial charge in [0, 0.05) is 31.6 Å². The molecule has 2 aromatic carbocycles. The Bertz CT molecular complexity index is 772. The molecule has 4 N–H and O–H groups in total. The predicted octanol–water partition coefficient (Wildman–Crippen LogP) is 2.25. The van der Waals surface area contributed by atoms with Crippen molar-refractivity contribution in [2.24, 2.45) is 5.73 Å². The van der Waals surface area contributed by atoms with E-state index in [9.17, 15) is 9.59 Å². The van der Waals surface area contributed by atoms with Crippen molar-refractivity contribution >= 4 is 24.3 Å². The molecule has 3 rings (SSSR count). The minimum atomic E-state index is -0.487. The Hall–Kier alpha value is -2.41. The number of carbonyl (C=O) groups is 2. The summed E-state index contributed by atoms with van der Waals surface area (Å²) in [6.45, 7) is 3.50. The molecule has 1 fully saturated rings. The molecule has 7 heteroatoms. The predicted molar refractivity (Wildman–Crippen MR) is 112 cm³/mol. The van der Waals surface area contributed by atoms with Gasteiger partial charge in [-0.1, -0.05) is 60.7 Å². The summed E-state index contributed by atoms with van der Waals surface area (Å²) >= 11 is 0. The van der Waals surface area contributed by atoms with Crippen molar-refractivity contribution < 1.29 is 9.59 Å². The maximum absolute atomic E-state index is 12.4. The van der Waals surface area contributed by atoms with Crippen LogP contribution in [0, 0.1) is 0 Å². The molecule has 3 atom stereocenters. The van der Waals surface area contributed by atoms with Crippen molar-refractivity contribution in [2.75, 3.05) is 13.1 Å². The third-order valence-electron chi connectivity index (χ3n) is 5.08. The Labute approximate surface area is 171 Å². The summed E-state index contributed by atoms with van der Waals surface area (Å²) in [6.07, 6.45) is 0. The molecule has 1 saturated heterocycles. The zero-order chi connectivity index (χ0) is 19.2. The Morgan fingerprint density at radius 1 is 1.07 bits per heavy atom. The Morgan fingerprint density at radius 3 is 2.32 bits per heavy atom. The van der Waals surface area contributed by atoms with Gasteiger partial charge in [0.1, 0.15) is 0 Å². The van der Waals surface area contributed by atoms with Gasteiger partial charge in [0.15, 0.2) is 0 Å². The number of carbonyl (C=O) groups excluding carboxylic acids is 2. The first-order valence-electron chi connectivity index (χ1n) is 9.22. The highest BCUT2D eigenvalue weighted by atomic mass is 35.5. The molecule has 0 saturated carbocycles. The maximum Gasteiger partial charge on any atom is 0.321 e. The topological polar surface area (TPSA) is 87.5 Å². The van der Waals surface area contributed by atoms with E-state index < -0.39 is 12.1 Å². The van der Waals surface area contributed by atoms with E-state index in [-0.39, 0.29) is 30.3 Å². The summed E-state index contributed by atoms with van der Waals surface area (Å²) in [6, 6.07) is 18.7. The van der Waals surface area contributed by atoms with Crippen LogP contribution in [0.1, 0.15) is 24.0 Å². The lowest BCUT2D eigenvalue weighted by Gasteiger charge is -2.23. The molecule has 0 aromatic heterocycles. The van der Waals surface area contributed by atoms with E-state index in [4.69, 9.17) is 5.73 Å². The molecule has 1 unspecified atom stereocenters. The van der Waals surface area contributed by atoms with Crippen LogP contribution in [0.2, 0.25) is 0 Å². The molecule has 1 heterocycles. The molecule has 1 aliphatic heterocycles. The highest BCUT2D eigenvalue weighted by Crippen LogP contribution is 2.27. The molecule has 150 valence electrons. The Kier molecular flexibility index (Phi) is 7.99. The summed E-state index contributed by atoms with van der Waals surface area (Å²) in [5.41, 5.74) is 8.46. The molecule has 6 nitrogen and oxygen atoms in total. The number of hydrogen-bond acceptors (Lipinski definition) is 4. The van der Waals surface area contributed by atoms with Crippen molar-refractivity contribution in [1.82, 2.24) is 15.5 Å². The van der Waals surface area contributed by atoms with Crippen LogP contribution in [0.25, 0.3) is 0 Å². The van der Waals surface area contributed by atoms with Crippen molar-refractivity contribution in [1.29, 1.82) is 0 Å². The maximum atomic E-state index is 12.4. The van der Waals surface area contributed by atoms with Gasteiger partial charge in [-0.15, -0.1) is 12.4 Å². The molecule has 0 bridgehead atoms. The molecule has 0 spiro atoms. The number of benzene rings is 2. The summed E-state index contributed by atoms with van der Waals surface area (Å²) in [4.78, 5) is 26.5. The van der Waals surface area contributed by atoms with Gasteiger partial charge in [0.2, 0.25) is 5.91 Å². The third kappa shape index (κ3) is 5.55. The van der Waals surface area contributed by atoms with Crippen LogP contribution in [0.15, 0.2) is 60.7 Å². The van der Waals surface area contributed by atoms with Gasteiger partial charge in [0.05, 0.1) is 6.04 Å². The molecule has 1 aliphatic rings. The molecule has 2 aromatic rings.